The second kappa shape index (κ2) is 5.05. The van der Waals surface area contributed by atoms with E-state index in [4.69, 9.17) is 16.3 Å². The average molecular weight is 243 g/mol. The predicted molar refractivity (Wildman–Crippen MR) is 63.8 cm³/mol. The molecular weight excluding hydrogens is 227 g/mol. The fourth-order valence-electron chi connectivity index (χ4n) is 2.41. The lowest BCUT2D eigenvalue weighted by molar-refractivity contribution is 0.375. The van der Waals surface area contributed by atoms with Gasteiger partial charge in [-0.2, -0.15) is 0 Å². The Hall–Kier alpha value is -0.760. The van der Waals surface area contributed by atoms with E-state index in [0.29, 0.717) is 5.75 Å². The summed E-state index contributed by atoms with van der Waals surface area (Å²) < 4.78 is 19.0. The molecule has 2 rings (SSSR count). The van der Waals surface area contributed by atoms with Crippen molar-refractivity contribution in [1.29, 1.82) is 0 Å². The molecule has 1 aliphatic rings. The Balaban J connectivity index is 2.25. The third-order valence-electron chi connectivity index (χ3n) is 3.26. The van der Waals surface area contributed by atoms with Crippen LogP contribution in [0, 0.1) is 5.82 Å². The van der Waals surface area contributed by atoms with Crippen molar-refractivity contribution < 1.29 is 9.13 Å². The van der Waals surface area contributed by atoms with E-state index in [1.807, 2.05) is 12.1 Å². The van der Waals surface area contributed by atoms with Crippen molar-refractivity contribution in [1.82, 2.24) is 0 Å². The summed E-state index contributed by atoms with van der Waals surface area (Å²) in [6.07, 6.45) is 4.01. The highest BCUT2D eigenvalue weighted by molar-refractivity contribution is 6.20. The molecule has 3 heteroatoms. The number of halogens is 2. The van der Waals surface area contributed by atoms with E-state index in [2.05, 4.69) is 0 Å². The Morgan fingerprint density at radius 2 is 2.19 bits per heavy atom. The molecule has 1 nitrogen and oxygen atoms in total. The summed E-state index contributed by atoms with van der Waals surface area (Å²) in [6, 6.07) is 5.34. The maximum atomic E-state index is 14.0. The van der Waals surface area contributed by atoms with E-state index < -0.39 is 0 Å². The van der Waals surface area contributed by atoms with Crippen LogP contribution in [0.5, 0.6) is 5.75 Å². The van der Waals surface area contributed by atoms with E-state index in [1.165, 1.54) is 7.11 Å². The molecule has 16 heavy (non-hydrogen) atoms. The van der Waals surface area contributed by atoms with Crippen LogP contribution >= 0.6 is 11.6 Å². The standard InChI is InChI=1S/C13H16ClFO/c1-16-12-7-3-6-11(13(12)15)9-4-2-5-10(14)8-9/h3,6-7,9-10H,2,4-5,8H2,1H3. The van der Waals surface area contributed by atoms with Gasteiger partial charge >= 0.3 is 0 Å². The lowest BCUT2D eigenvalue weighted by Gasteiger charge is -2.26. The topological polar surface area (TPSA) is 9.23 Å². The van der Waals surface area contributed by atoms with Gasteiger partial charge in [0.1, 0.15) is 0 Å². The van der Waals surface area contributed by atoms with Crippen LogP contribution in [-0.2, 0) is 0 Å². The van der Waals surface area contributed by atoms with Gasteiger partial charge in [0, 0.05) is 5.38 Å². The number of rotatable bonds is 2. The zero-order chi connectivity index (χ0) is 11.5. The summed E-state index contributed by atoms with van der Waals surface area (Å²) >= 11 is 6.13. The Labute approximate surface area is 101 Å². The minimum atomic E-state index is -0.222. The molecule has 0 aromatic heterocycles. The first-order chi connectivity index (χ1) is 7.72. The van der Waals surface area contributed by atoms with Crippen molar-refractivity contribution in [3.05, 3.63) is 29.6 Å². The summed E-state index contributed by atoms with van der Waals surface area (Å²) in [5.74, 6) is 0.348. The molecule has 0 heterocycles. The first-order valence-electron chi connectivity index (χ1n) is 5.69. The van der Waals surface area contributed by atoms with Crippen LogP contribution < -0.4 is 4.74 Å². The van der Waals surface area contributed by atoms with Crippen LogP contribution in [0.3, 0.4) is 0 Å². The van der Waals surface area contributed by atoms with Crippen molar-refractivity contribution in [3.63, 3.8) is 0 Å². The van der Waals surface area contributed by atoms with Crippen LogP contribution in [0.25, 0.3) is 0 Å². The summed E-state index contributed by atoms with van der Waals surface area (Å²) in [5.41, 5.74) is 0.754. The smallest absolute Gasteiger partial charge is 0.168 e. The number of ether oxygens (including phenoxy) is 1. The molecule has 1 saturated carbocycles. The van der Waals surface area contributed by atoms with Gasteiger partial charge in [0.05, 0.1) is 7.11 Å². The van der Waals surface area contributed by atoms with Crippen molar-refractivity contribution in [2.24, 2.45) is 0 Å². The van der Waals surface area contributed by atoms with E-state index in [1.54, 1.807) is 6.07 Å². The molecule has 0 bridgehead atoms. The Bertz CT molecular complexity index is 367. The first-order valence-corrected chi connectivity index (χ1v) is 6.12. The van der Waals surface area contributed by atoms with Gasteiger partial charge in [0.2, 0.25) is 0 Å². The van der Waals surface area contributed by atoms with Crippen LogP contribution in [0.4, 0.5) is 4.39 Å². The van der Waals surface area contributed by atoms with Gasteiger partial charge < -0.3 is 4.74 Å². The second-order valence-electron chi connectivity index (χ2n) is 4.32. The number of methoxy groups -OCH3 is 1. The predicted octanol–water partition coefficient (Wildman–Crippen LogP) is 4.10. The molecule has 0 N–H and O–H groups in total. The number of alkyl halides is 1. The van der Waals surface area contributed by atoms with Crippen LogP contribution in [0.15, 0.2) is 18.2 Å². The minimum Gasteiger partial charge on any atom is -0.494 e. The second-order valence-corrected chi connectivity index (χ2v) is 4.94. The lowest BCUT2D eigenvalue weighted by atomic mass is 9.83. The van der Waals surface area contributed by atoms with Crippen molar-refractivity contribution in [2.45, 2.75) is 37.0 Å². The fraction of sp³-hybridized carbons (Fsp3) is 0.538. The Kier molecular flexibility index (Phi) is 3.70. The Morgan fingerprint density at radius 3 is 2.88 bits per heavy atom. The first kappa shape index (κ1) is 11.7. The van der Waals surface area contributed by atoms with E-state index >= 15 is 0 Å². The van der Waals surface area contributed by atoms with Gasteiger partial charge in [-0.1, -0.05) is 18.6 Å². The third kappa shape index (κ3) is 2.32. The molecule has 0 amide bonds. The third-order valence-corrected chi connectivity index (χ3v) is 3.66. The maximum absolute atomic E-state index is 14.0. The average Bonchev–Trinajstić information content (AvgIpc) is 2.29. The van der Waals surface area contributed by atoms with Gasteiger partial charge in [-0.15, -0.1) is 11.6 Å². The van der Waals surface area contributed by atoms with Crippen LogP contribution in [0.2, 0.25) is 0 Å². The van der Waals surface area contributed by atoms with Crippen LogP contribution in [0.1, 0.15) is 37.2 Å². The molecule has 1 aromatic rings. The van der Waals surface area contributed by atoms with Crippen molar-refractivity contribution in [2.75, 3.05) is 7.11 Å². The van der Waals surface area contributed by atoms with Gasteiger partial charge in [-0.3, -0.25) is 0 Å². The molecule has 2 atom stereocenters. The van der Waals surface area contributed by atoms with Crippen molar-refractivity contribution in [3.8, 4) is 5.75 Å². The van der Waals surface area contributed by atoms with E-state index in [9.17, 15) is 4.39 Å². The Morgan fingerprint density at radius 1 is 1.38 bits per heavy atom. The molecule has 0 spiro atoms. The number of hydrogen-bond acceptors (Lipinski definition) is 1. The molecule has 88 valence electrons. The summed E-state index contributed by atoms with van der Waals surface area (Å²) in [4.78, 5) is 0. The molecule has 1 aliphatic carbocycles. The van der Waals surface area contributed by atoms with Gasteiger partial charge in [-0.25, -0.2) is 4.39 Å². The molecule has 0 aliphatic heterocycles. The summed E-state index contributed by atoms with van der Waals surface area (Å²) in [7, 11) is 1.49. The molecule has 0 saturated heterocycles. The molecular formula is C13H16ClFO. The van der Waals surface area contributed by atoms with Crippen LogP contribution in [-0.4, -0.2) is 12.5 Å². The highest BCUT2D eigenvalue weighted by atomic mass is 35.5. The molecule has 2 unspecified atom stereocenters. The molecule has 1 fully saturated rings. The minimum absolute atomic E-state index is 0.185. The lowest BCUT2D eigenvalue weighted by Crippen LogP contribution is -2.15. The number of hydrogen-bond donors (Lipinski definition) is 0. The van der Waals surface area contributed by atoms with Gasteiger partial charge in [0.15, 0.2) is 11.6 Å². The molecule has 1 aromatic carbocycles. The number of benzene rings is 1. The largest absolute Gasteiger partial charge is 0.494 e. The monoisotopic (exact) mass is 242 g/mol. The normalized spacial score (nSPS) is 25.4. The van der Waals surface area contributed by atoms with Gasteiger partial charge in [-0.05, 0) is 36.8 Å². The maximum Gasteiger partial charge on any atom is 0.168 e. The quantitative estimate of drug-likeness (QED) is 0.710. The van der Waals surface area contributed by atoms with Gasteiger partial charge in [0.25, 0.3) is 0 Å². The summed E-state index contributed by atoms with van der Waals surface area (Å²) in [6.45, 7) is 0. The summed E-state index contributed by atoms with van der Waals surface area (Å²) in [5, 5.41) is 0.185. The zero-order valence-electron chi connectivity index (χ0n) is 9.38. The molecule has 0 radical (unpaired) electrons. The SMILES string of the molecule is COc1cccc(C2CCCC(Cl)C2)c1F. The van der Waals surface area contributed by atoms with Crippen molar-refractivity contribution >= 4 is 11.6 Å². The highest BCUT2D eigenvalue weighted by Gasteiger charge is 2.24. The van der Waals surface area contributed by atoms with E-state index in [0.717, 1.165) is 31.2 Å². The zero-order valence-corrected chi connectivity index (χ0v) is 10.1. The highest BCUT2D eigenvalue weighted by Crippen LogP contribution is 2.37. The van der Waals surface area contributed by atoms with E-state index in [-0.39, 0.29) is 17.1 Å². The fourth-order valence-corrected chi connectivity index (χ4v) is 2.78.